The largest absolute Gasteiger partial charge is 0.349 e. The number of rotatable bonds is 5. The average Bonchev–Trinajstić information content (AvgIpc) is 2.62. The topological polar surface area (TPSA) is 85.3 Å². The van der Waals surface area contributed by atoms with Crippen molar-refractivity contribution in [3.05, 3.63) is 69.0 Å². The standard InChI is InChI=1S/C17H23N5O2/c18-22-11-7-16(23)21(17(22)24)10-4-9-20-12-8-19-15(13-20)14-5-2-1-3-6-14/h1-3,5-7,11,15,19H,4,8-10,12-13,18H2. The molecule has 1 unspecified atom stereocenters. The van der Waals surface area contributed by atoms with Crippen LogP contribution < -0.4 is 22.4 Å². The predicted octanol–water partition coefficient (Wildman–Crippen LogP) is -0.240. The number of hydrogen-bond donors (Lipinski definition) is 2. The molecule has 0 radical (unpaired) electrons. The molecule has 1 aliphatic heterocycles. The molecule has 1 aromatic carbocycles. The molecule has 0 amide bonds. The van der Waals surface area contributed by atoms with Crippen LogP contribution in [0.1, 0.15) is 18.0 Å². The van der Waals surface area contributed by atoms with Crippen LogP contribution in [0.3, 0.4) is 0 Å². The highest BCUT2D eigenvalue weighted by molar-refractivity contribution is 5.19. The van der Waals surface area contributed by atoms with Gasteiger partial charge in [0.05, 0.1) is 0 Å². The summed E-state index contributed by atoms with van der Waals surface area (Å²) in [5.74, 6) is 5.51. The second kappa shape index (κ2) is 7.46. The van der Waals surface area contributed by atoms with Crippen molar-refractivity contribution < 1.29 is 0 Å². The Balaban J connectivity index is 1.57. The number of piperazine rings is 1. The average molecular weight is 329 g/mol. The van der Waals surface area contributed by atoms with Crippen LogP contribution in [0.15, 0.2) is 52.2 Å². The quantitative estimate of drug-likeness (QED) is 0.740. The van der Waals surface area contributed by atoms with E-state index in [0.29, 0.717) is 12.6 Å². The number of nitrogen functional groups attached to an aromatic ring is 1. The monoisotopic (exact) mass is 329 g/mol. The van der Waals surface area contributed by atoms with Gasteiger partial charge in [0.1, 0.15) is 0 Å². The van der Waals surface area contributed by atoms with E-state index < -0.39 is 5.69 Å². The van der Waals surface area contributed by atoms with Crippen molar-refractivity contribution in [2.24, 2.45) is 0 Å². The second-order valence-electron chi connectivity index (χ2n) is 6.07. The molecule has 2 aromatic rings. The van der Waals surface area contributed by atoms with Crippen molar-refractivity contribution in [1.29, 1.82) is 0 Å². The van der Waals surface area contributed by atoms with Crippen molar-refractivity contribution >= 4 is 0 Å². The summed E-state index contributed by atoms with van der Waals surface area (Å²) in [6.45, 7) is 4.05. The Kier molecular flexibility index (Phi) is 5.12. The van der Waals surface area contributed by atoms with Crippen molar-refractivity contribution in [3.63, 3.8) is 0 Å². The number of nitrogens with one attached hydrogen (secondary N) is 1. The van der Waals surface area contributed by atoms with Gasteiger partial charge in [-0.25, -0.2) is 9.47 Å². The zero-order valence-corrected chi connectivity index (χ0v) is 13.6. The van der Waals surface area contributed by atoms with E-state index >= 15 is 0 Å². The number of aromatic nitrogens is 2. The smallest absolute Gasteiger partial charge is 0.335 e. The normalized spacial score (nSPS) is 18.6. The van der Waals surface area contributed by atoms with Crippen molar-refractivity contribution in [1.82, 2.24) is 19.5 Å². The zero-order chi connectivity index (χ0) is 16.9. The Bertz CT molecular complexity index is 784. The van der Waals surface area contributed by atoms with E-state index in [9.17, 15) is 9.59 Å². The van der Waals surface area contributed by atoms with Crippen LogP contribution in [0.2, 0.25) is 0 Å². The maximum atomic E-state index is 11.9. The minimum atomic E-state index is -0.468. The van der Waals surface area contributed by atoms with Crippen LogP contribution in [0, 0.1) is 0 Å². The van der Waals surface area contributed by atoms with Gasteiger partial charge in [-0.1, -0.05) is 30.3 Å². The molecule has 7 heteroatoms. The summed E-state index contributed by atoms with van der Waals surface area (Å²) in [4.78, 5) is 26.0. The molecule has 3 N–H and O–H groups in total. The van der Waals surface area contributed by atoms with Crippen LogP contribution in [0.25, 0.3) is 0 Å². The summed E-state index contributed by atoms with van der Waals surface area (Å²) < 4.78 is 2.13. The van der Waals surface area contributed by atoms with Crippen LogP contribution in [-0.4, -0.2) is 40.3 Å². The first kappa shape index (κ1) is 16.5. The summed E-state index contributed by atoms with van der Waals surface area (Å²) in [6.07, 6.45) is 2.03. The van der Waals surface area contributed by atoms with E-state index in [1.807, 2.05) is 6.07 Å². The minimum absolute atomic E-state index is 0.302. The summed E-state index contributed by atoms with van der Waals surface area (Å²) in [7, 11) is 0. The van der Waals surface area contributed by atoms with Gasteiger partial charge in [-0.2, -0.15) is 0 Å². The SMILES string of the molecule is Nn1ccc(=O)n(CCCN2CCNC(c3ccccc3)C2)c1=O. The highest BCUT2D eigenvalue weighted by Crippen LogP contribution is 2.16. The van der Waals surface area contributed by atoms with E-state index in [4.69, 9.17) is 5.84 Å². The van der Waals surface area contributed by atoms with Crippen LogP contribution in [0.5, 0.6) is 0 Å². The maximum Gasteiger partial charge on any atom is 0.349 e. The third-order valence-electron chi connectivity index (χ3n) is 4.41. The lowest BCUT2D eigenvalue weighted by Crippen LogP contribution is -2.46. The van der Waals surface area contributed by atoms with Crippen molar-refractivity contribution in [2.75, 3.05) is 32.0 Å². The number of nitrogens with two attached hydrogens (primary N) is 1. The van der Waals surface area contributed by atoms with Crippen LogP contribution in [-0.2, 0) is 6.54 Å². The predicted molar refractivity (Wildman–Crippen MR) is 93.4 cm³/mol. The summed E-state index contributed by atoms with van der Waals surface area (Å²) in [5, 5.41) is 3.53. The zero-order valence-electron chi connectivity index (χ0n) is 13.6. The van der Waals surface area contributed by atoms with Gasteiger partial charge in [0, 0.05) is 44.5 Å². The highest BCUT2D eigenvalue weighted by atomic mass is 16.2. The maximum absolute atomic E-state index is 11.9. The first-order valence-electron chi connectivity index (χ1n) is 8.23. The van der Waals surface area contributed by atoms with Crippen LogP contribution >= 0.6 is 0 Å². The molecule has 0 bridgehead atoms. The molecule has 0 aliphatic carbocycles. The molecule has 1 aromatic heterocycles. The number of nitrogens with zero attached hydrogens (tertiary/aromatic N) is 3. The lowest BCUT2D eigenvalue weighted by molar-refractivity contribution is 0.195. The van der Waals surface area contributed by atoms with Gasteiger partial charge in [-0.15, -0.1) is 0 Å². The second-order valence-corrected chi connectivity index (χ2v) is 6.07. The van der Waals surface area contributed by atoms with Gasteiger partial charge in [-0.3, -0.25) is 9.36 Å². The molecule has 128 valence electrons. The highest BCUT2D eigenvalue weighted by Gasteiger charge is 2.20. The molecule has 0 saturated carbocycles. The minimum Gasteiger partial charge on any atom is -0.335 e. The molecule has 3 rings (SSSR count). The molecule has 2 heterocycles. The summed E-state index contributed by atoms with van der Waals surface area (Å²) >= 11 is 0. The van der Waals surface area contributed by atoms with E-state index in [-0.39, 0.29) is 5.56 Å². The van der Waals surface area contributed by atoms with Gasteiger partial charge in [0.25, 0.3) is 5.56 Å². The van der Waals surface area contributed by atoms with E-state index in [2.05, 4.69) is 34.5 Å². The Morgan fingerprint density at radius 3 is 2.71 bits per heavy atom. The Hall–Kier alpha value is -2.38. The van der Waals surface area contributed by atoms with Gasteiger partial charge in [-0.05, 0) is 18.5 Å². The Morgan fingerprint density at radius 1 is 1.12 bits per heavy atom. The first-order valence-corrected chi connectivity index (χ1v) is 8.23. The molecule has 7 nitrogen and oxygen atoms in total. The summed E-state index contributed by atoms with van der Waals surface area (Å²) in [5.41, 5.74) is 0.515. The third kappa shape index (κ3) is 3.74. The van der Waals surface area contributed by atoms with Crippen molar-refractivity contribution in [3.8, 4) is 0 Å². The lowest BCUT2D eigenvalue weighted by Gasteiger charge is -2.34. The molecule has 24 heavy (non-hydrogen) atoms. The first-order chi connectivity index (χ1) is 11.6. The molecular formula is C17H23N5O2. The third-order valence-corrected chi connectivity index (χ3v) is 4.41. The fourth-order valence-electron chi connectivity index (χ4n) is 3.11. The van der Waals surface area contributed by atoms with E-state index in [0.717, 1.165) is 37.3 Å². The summed E-state index contributed by atoms with van der Waals surface area (Å²) in [6, 6.07) is 12.0. The lowest BCUT2D eigenvalue weighted by atomic mass is 10.0. The molecule has 1 aliphatic rings. The van der Waals surface area contributed by atoms with Gasteiger partial charge >= 0.3 is 5.69 Å². The number of benzene rings is 1. The Labute approximate surface area is 140 Å². The van der Waals surface area contributed by atoms with Gasteiger partial charge in [0.15, 0.2) is 0 Å². The fourth-order valence-corrected chi connectivity index (χ4v) is 3.11. The molecular weight excluding hydrogens is 306 g/mol. The number of hydrogen-bond acceptors (Lipinski definition) is 5. The molecule has 1 atom stereocenters. The van der Waals surface area contributed by atoms with Gasteiger partial charge in [0.2, 0.25) is 0 Å². The Morgan fingerprint density at radius 2 is 1.92 bits per heavy atom. The van der Waals surface area contributed by atoms with E-state index in [1.54, 1.807) is 0 Å². The van der Waals surface area contributed by atoms with Crippen LogP contribution in [0.4, 0.5) is 0 Å². The fraction of sp³-hybridized carbons (Fsp3) is 0.412. The van der Waals surface area contributed by atoms with E-state index in [1.165, 1.54) is 22.4 Å². The molecule has 0 spiro atoms. The molecule has 1 fully saturated rings. The van der Waals surface area contributed by atoms with Gasteiger partial charge < -0.3 is 16.1 Å². The van der Waals surface area contributed by atoms with Crippen molar-refractivity contribution in [2.45, 2.75) is 19.0 Å². The molecule has 1 saturated heterocycles.